The smallest absolute Gasteiger partial charge is 0.437 e. The van der Waals surface area contributed by atoms with E-state index in [2.05, 4.69) is 9.44 Å². The molecular weight excluding hydrogens is 307 g/mol. The molecule has 0 aliphatic rings. The van der Waals surface area contributed by atoms with Crippen LogP contribution < -0.4 is 4.74 Å². The Kier molecular flexibility index (Phi) is 6.67. The Bertz CT molecular complexity index is 500. The fourth-order valence-electron chi connectivity index (χ4n) is 1.43. The number of nitrogens with zero attached hydrogens (tertiary/aromatic N) is 1. The summed E-state index contributed by atoms with van der Waals surface area (Å²) in [6.07, 6.45) is -4.18. The highest BCUT2D eigenvalue weighted by atomic mass is 32.2. The van der Waals surface area contributed by atoms with Crippen LogP contribution in [0.25, 0.3) is 0 Å². The second kappa shape index (κ2) is 8.02. The lowest BCUT2D eigenvalue weighted by Crippen LogP contribution is -2.24. The monoisotopic (exact) mass is 323 g/mol. The highest BCUT2D eigenvalue weighted by molar-refractivity contribution is 7.80. The van der Waals surface area contributed by atoms with E-state index in [0.717, 1.165) is 0 Å². The van der Waals surface area contributed by atoms with Crippen LogP contribution in [0.1, 0.15) is 25.8 Å². The van der Waals surface area contributed by atoms with Crippen LogP contribution in [0, 0.1) is 0 Å². The summed E-state index contributed by atoms with van der Waals surface area (Å²) in [7, 11) is 0. The molecule has 0 aromatic heterocycles. The zero-order chi connectivity index (χ0) is 15.9. The molecule has 0 N–H and O–H groups in total. The number of alkyl halides is 3. The molecule has 1 atom stereocenters. The van der Waals surface area contributed by atoms with E-state index in [0.29, 0.717) is 18.8 Å². The van der Waals surface area contributed by atoms with Gasteiger partial charge in [0, 0.05) is 5.56 Å². The SMILES string of the molecule is CCCS(=O)ON=C(c1ccc(OCC)cc1)C(F)(F)F. The first-order valence-corrected chi connectivity index (χ1v) is 7.57. The van der Waals surface area contributed by atoms with Crippen molar-refractivity contribution < 1.29 is 26.4 Å². The molecule has 0 radical (unpaired) electrons. The summed E-state index contributed by atoms with van der Waals surface area (Å²) in [4.78, 5) is 0. The lowest BCUT2D eigenvalue weighted by Gasteiger charge is -2.10. The number of benzene rings is 1. The molecule has 1 unspecified atom stereocenters. The van der Waals surface area contributed by atoms with Crippen LogP contribution in [0.4, 0.5) is 13.2 Å². The van der Waals surface area contributed by atoms with E-state index in [1.165, 1.54) is 24.3 Å². The first kappa shape index (κ1) is 17.5. The third-order valence-corrected chi connectivity index (χ3v) is 3.27. The Morgan fingerprint density at radius 3 is 2.33 bits per heavy atom. The molecule has 1 aromatic carbocycles. The molecule has 118 valence electrons. The molecule has 1 rings (SSSR count). The molecule has 0 fully saturated rings. The van der Waals surface area contributed by atoms with Gasteiger partial charge in [-0.25, -0.2) is 4.21 Å². The lowest BCUT2D eigenvalue weighted by molar-refractivity contribution is -0.0596. The maximum Gasteiger partial charge on any atom is 0.437 e. The molecule has 8 heteroatoms. The largest absolute Gasteiger partial charge is 0.494 e. The van der Waals surface area contributed by atoms with Crippen molar-refractivity contribution in [1.82, 2.24) is 0 Å². The average Bonchev–Trinajstić information content (AvgIpc) is 2.40. The normalized spacial score (nSPS) is 13.9. The van der Waals surface area contributed by atoms with Gasteiger partial charge < -0.3 is 4.74 Å². The Labute approximate surface area is 123 Å². The van der Waals surface area contributed by atoms with Gasteiger partial charge in [0.1, 0.15) is 5.75 Å². The quantitative estimate of drug-likeness (QED) is 0.570. The third kappa shape index (κ3) is 5.74. The van der Waals surface area contributed by atoms with Crippen molar-refractivity contribution in [2.45, 2.75) is 26.4 Å². The highest BCUT2D eigenvalue weighted by Gasteiger charge is 2.38. The minimum absolute atomic E-state index is 0.123. The summed E-state index contributed by atoms with van der Waals surface area (Å²) < 4.78 is 59.7. The van der Waals surface area contributed by atoms with Gasteiger partial charge in [-0.1, -0.05) is 12.1 Å². The Morgan fingerprint density at radius 2 is 1.86 bits per heavy atom. The summed E-state index contributed by atoms with van der Waals surface area (Å²) in [5.74, 6) is 0.580. The predicted octanol–water partition coefficient (Wildman–Crippen LogP) is 3.44. The van der Waals surface area contributed by atoms with Crippen LogP contribution >= 0.6 is 0 Å². The fourth-order valence-corrected chi connectivity index (χ4v) is 1.99. The van der Waals surface area contributed by atoms with Crippen molar-refractivity contribution in [2.24, 2.45) is 5.16 Å². The molecule has 4 nitrogen and oxygen atoms in total. The Hall–Kier alpha value is -1.57. The summed E-state index contributed by atoms with van der Waals surface area (Å²) in [6, 6.07) is 5.26. The maximum absolute atomic E-state index is 12.9. The third-order valence-electron chi connectivity index (χ3n) is 2.29. The average molecular weight is 323 g/mol. The minimum Gasteiger partial charge on any atom is -0.494 e. The summed E-state index contributed by atoms with van der Waals surface area (Å²) in [6.45, 7) is 3.92. The first-order valence-electron chi connectivity index (χ1n) is 6.32. The molecule has 0 aliphatic heterocycles. The second-order valence-electron chi connectivity index (χ2n) is 3.98. The van der Waals surface area contributed by atoms with E-state index >= 15 is 0 Å². The van der Waals surface area contributed by atoms with Crippen LogP contribution in [0.3, 0.4) is 0 Å². The Balaban J connectivity index is 2.97. The molecule has 0 saturated heterocycles. The molecular formula is C13H16F3NO3S. The molecule has 0 spiro atoms. The molecule has 0 heterocycles. The van der Waals surface area contributed by atoms with E-state index < -0.39 is 23.0 Å². The van der Waals surface area contributed by atoms with E-state index in [9.17, 15) is 17.4 Å². The van der Waals surface area contributed by atoms with Gasteiger partial charge in [0.2, 0.25) is 11.1 Å². The van der Waals surface area contributed by atoms with Crippen LogP contribution in [-0.4, -0.2) is 28.5 Å². The standard InChI is InChI=1S/C13H16F3NO3S/c1-3-9-21(18)20-17-12(13(14,15)16)10-5-7-11(8-6-10)19-4-2/h5-8H,3-4,9H2,1-2H3. The summed E-state index contributed by atoms with van der Waals surface area (Å²) in [5.41, 5.74) is -1.41. The van der Waals surface area contributed by atoms with Gasteiger partial charge in [0.05, 0.1) is 12.4 Å². The van der Waals surface area contributed by atoms with Crippen LogP contribution in [0.5, 0.6) is 5.75 Å². The maximum atomic E-state index is 12.9. The van der Waals surface area contributed by atoms with Gasteiger partial charge in [0.15, 0.2) is 5.71 Å². The van der Waals surface area contributed by atoms with Gasteiger partial charge >= 0.3 is 6.18 Å². The van der Waals surface area contributed by atoms with Crippen molar-refractivity contribution in [2.75, 3.05) is 12.4 Å². The van der Waals surface area contributed by atoms with Gasteiger partial charge in [-0.05, 0) is 37.6 Å². The van der Waals surface area contributed by atoms with E-state index in [-0.39, 0.29) is 11.3 Å². The lowest BCUT2D eigenvalue weighted by atomic mass is 10.1. The van der Waals surface area contributed by atoms with E-state index in [1.807, 2.05) is 0 Å². The molecule has 0 aliphatic carbocycles. The topological polar surface area (TPSA) is 47.9 Å². The van der Waals surface area contributed by atoms with Crippen molar-refractivity contribution in [3.05, 3.63) is 29.8 Å². The van der Waals surface area contributed by atoms with E-state index in [4.69, 9.17) is 4.74 Å². The molecule has 21 heavy (non-hydrogen) atoms. The first-order chi connectivity index (χ1) is 9.88. The van der Waals surface area contributed by atoms with E-state index in [1.54, 1.807) is 13.8 Å². The van der Waals surface area contributed by atoms with Gasteiger partial charge in [-0.3, -0.25) is 4.28 Å². The zero-order valence-corrected chi connectivity index (χ0v) is 12.5. The number of ether oxygens (including phenoxy) is 1. The number of hydrogen-bond acceptors (Lipinski definition) is 4. The van der Waals surface area contributed by atoms with Gasteiger partial charge in [0.25, 0.3) is 0 Å². The van der Waals surface area contributed by atoms with Crippen molar-refractivity contribution in [3.63, 3.8) is 0 Å². The highest BCUT2D eigenvalue weighted by Crippen LogP contribution is 2.24. The van der Waals surface area contributed by atoms with Crippen molar-refractivity contribution in [1.29, 1.82) is 0 Å². The van der Waals surface area contributed by atoms with Crippen LogP contribution in [0.2, 0.25) is 0 Å². The second-order valence-corrected chi connectivity index (χ2v) is 5.14. The van der Waals surface area contributed by atoms with Crippen LogP contribution in [-0.2, 0) is 15.4 Å². The zero-order valence-electron chi connectivity index (χ0n) is 11.6. The van der Waals surface area contributed by atoms with Gasteiger partial charge in [-0.15, -0.1) is 0 Å². The van der Waals surface area contributed by atoms with Crippen molar-refractivity contribution in [3.8, 4) is 5.75 Å². The van der Waals surface area contributed by atoms with Gasteiger partial charge in [-0.2, -0.15) is 13.2 Å². The number of rotatable bonds is 7. The minimum atomic E-state index is -4.70. The Morgan fingerprint density at radius 1 is 1.24 bits per heavy atom. The number of oxime groups is 1. The van der Waals surface area contributed by atoms with Crippen molar-refractivity contribution >= 4 is 16.8 Å². The number of halogens is 3. The molecule has 0 amide bonds. The molecule has 1 aromatic rings. The van der Waals surface area contributed by atoms with Crippen LogP contribution in [0.15, 0.2) is 29.4 Å². The fraction of sp³-hybridized carbons (Fsp3) is 0.462. The molecule has 0 saturated carbocycles. The number of hydrogen-bond donors (Lipinski definition) is 0. The summed E-state index contributed by atoms with van der Waals surface area (Å²) in [5, 5.41) is 3.01. The molecule has 0 bridgehead atoms. The predicted molar refractivity (Wildman–Crippen MR) is 74.6 cm³/mol. The summed E-state index contributed by atoms with van der Waals surface area (Å²) >= 11 is -1.87.